The van der Waals surface area contributed by atoms with E-state index < -0.39 is 46.5 Å². The molecule has 0 N–H and O–H groups in total. The van der Waals surface area contributed by atoms with Gasteiger partial charge in [0.05, 0.1) is 24.3 Å². The number of hydrogen-bond acceptors (Lipinski definition) is 5. The van der Waals surface area contributed by atoms with Gasteiger partial charge in [-0.3, -0.25) is 0 Å². The van der Waals surface area contributed by atoms with E-state index in [-0.39, 0.29) is 18.6 Å². The average molecular weight is 687 g/mol. The standard InChI is InChI=1S/C38H36F6O5/c1-3-33(45)48-26-10-8-6-5-7-9-25-47-31-21-13-27(14-22-31)11-17-29-19-20-30(36(38(42,43)44)35(29)37(39,40)41)18-12-28-15-23-32(24-16-28)49-34(46)4-2/h3-4,13-16,19-24H,1-2,5-10,12,18,25-26H2. The van der Waals surface area contributed by atoms with Crippen LogP contribution in [0.1, 0.15) is 71.9 Å². The Balaban J connectivity index is 1.63. The number of halogens is 6. The van der Waals surface area contributed by atoms with Gasteiger partial charge in [0.15, 0.2) is 0 Å². The minimum Gasteiger partial charge on any atom is -0.494 e. The van der Waals surface area contributed by atoms with E-state index in [4.69, 9.17) is 14.2 Å². The molecule has 0 saturated heterocycles. The number of rotatable bonds is 16. The van der Waals surface area contributed by atoms with Crippen molar-refractivity contribution in [3.63, 3.8) is 0 Å². The average Bonchev–Trinajstić information content (AvgIpc) is 3.07. The van der Waals surface area contributed by atoms with Gasteiger partial charge < -0.3 is 14.2 Å². The maximum absolute atomic E-state index is 14.2. The maximum atomic E-state index is 14.2. The van der Waals surface area contributed by atoms with Gasteiger partial charge in [-0.2, -0.15) is 26.3 Å². The second kappa shape index (κ2) is 18.5. The van der Waals surface area contributed by atoms with Crippen LogP contribution < -0.4 is 9.47 Å². The predicted octanol–water partition coefficient (Wildman–Crippen LogP) is 9.45. The Bertz CT molecular complexity index is 1630. The van der Waals surface area contributed by atoms with Gasteiger partial charge in [-0.15, -0.1) is 0 Å². The molecule has 5 nitrogen and oxygen atoms in total. The number of aryl methyl sites for hydroxylation is 2. The van der Waals surface area contributed by atoms with Gasteiger partial charge in [-0.1, -0.05) is 68.9 Å². The van der Waals surface area contributed by atoms with Crippen molar-refractivity contribution in [2.24, 2.45) is 0 Å². The Hall–Kier alpha value is -4.98. The Morgan fingerprint density at radius 3 is 1.80 bits per heavy atom. The molecule has 0 unspecified atom stereocenters. The third-order valence-corrected chi connectivity index (χ3v) is 7.26. The molecule has 3 aromatic carbocycles. The van der Waals surface area contributed by atoms with Crippen LogP contribution >= 0.6 is 0 Å². The van der Waals surface area contributed by atoms with Crippen molar-refractivity contribution in [3.05, 3.63) is 119 Å². The number of benzene rings is 3. The van der Waals surface area contributed by atoms with E-state index in [1.165, 1.54) is 36.4 Å². The fourth-order valence-electron chi connectivity index (χ4n) is 4.84. The highest BCUT2D eigenvalue weighted by Gasteiger charge is 2.46. The number of alkyl halides is 6. The normalized spacial score (nSPS) is 11.2. The van der Waals surface area contributed by atoms with E-state index in [1.807, 2.05) is 0 Å². The monoisotopic (exact) mass is 686 g/mol. The largest absolute Gasteiger partial charge is 0.494 e. The molecule has 0 atom stereocenters. The fourth-order valence-corrected chi connectivity index (χ4v) is 4.84. The quantitative estimate of drug-likeness (QED) is 0.0375. The van der Waals surface area contributed by atoms with Crippen molar-refractivity contribution in [1.82, 2.24) is 0 Å². The Labute approximate surface area is 281 Å². The molecule has 0 aliphatic rings. The molecule has 3 rings (SSSR count). The lowest BCUT2D eigenvalue weighted by Crippen LogP contribution is -2.21. The molecule has 0 amide bonds. The van der Waals surface area contributed by atoms with Crippen LogP contribution in [0.5, 0.6) is 11.5 Å². The van der Waals surface area contributed by atoms with E-state index in [1.54, 1.807) is 12.1 Å². The molecule has 0 radical (unpaired) electrons. The van der Waals surface area contributed by atoms with Crippen LogP contribution in [0.15, 0.2) is 86.0 Å². The third-order valence-electron chi connectivity index (χ3n) is 7.26. The van der Waals surface area contributed by atoms with Crippen LogP contribution in [0.3, 0.4) is 0 Å². The summed E-state index contributed by atoms with van der Waals surface area (Å²) in [5, 5.41) is 0. The van der Waals surface area contributed by atoms with Gasteiger partial charge in [-0.05, 0) is 79.3 Å². The van der Waals surface area contributed by atoms with Gasteiger partial charge in [-0.25, -0.2) is 9.59 Å². The molecule has 0 heterocycles. The molecule has 11 heteroatoms. The first-order chi connectivity index (χ1) is 23.3. The molecule has 49 heavy (non-hydrogen) atoms. The summed E-state index contributed by atoms with van der Waals surface area (Å²) in [7, 11) is 0. The Morgan fingerprint density at radius 2 is 1.20 bits per heavy atom. The van der Waals surface area contributed by atoms with Crippen LogP contribution in [0.4, 0.5) is 26.3 Å². The van der Waals surface area contributed by atoms with E-state index in [2.05, 4.69) is 25.0 Å². The van der Waals surface area contributed by atoms with E-state index >= 15 is 0 Å². The molecule has 0 aliphatic heterocycles. The van der Waals surface area contributed by atoms with Crippen molar-refractivity contribution in [2.75, 3.05) is 13.2 Å². The van der Waals surface area contributed by atoms with Crippen molar-refractivity contribution in [2.45, 2.75) is 63.7 Å². The number of esters is 2. The highest BCUT2D eigenvalue weighted by Crippen LogP contribution is 2.44. The van der Waals surface area contributed by atoms with Crippen molar-refractivity contribution < 1.29 is 50.1 Å². The predicted molar refractivity (Wildman–Crippen MR) is 173 cm³/mol. The van der Waals surface area contributed by atoms with Crippen LogP contribution in [-0.4, -0.2) is 25.2 Å². The summed E-state index contributed by atoms with van der Waals surface area (Å²) in [5.74, 6) is 4.45. The minimum absolute atomic E-state index is 0.00606. The van der Waals surface area contributed by atoms with E-state index in [9.17, 15) is 35.9 Å². The SMILES string of the molecule is C=CC(=O)OCCCCCCCCOc1ccc(C#Cc2ccc(CCc3ccc(OC(=O)C=C)cc3)c(C(F)(F)F)c2C(F)(F)F)cc1. The van der Waals surface area contributed by atoms with Crippen molar-refractivity contribution >= 4 is 11.9 Å². The number of carbonyl (C=O) groups is 2. The van der Waals surface area contributed by atoms with Crippen LogP contribution in [-0.2, 0) is 39.5 Å². The highest BCUT2D eigenvalue weighted by atomic mass is 19.4. The van der Waals surface area contributed by atoms with Crippen LogP contribution in [0.2, 0.25) is 0 Å². The molecular formula is C38H36F6O5. The summed E-state index contributed by atoms with van der Waals surface area (Å²) in [6, 6.07) is 14.1. The van der Waals surface area contributed by atoms with Crippen LogP contribution in [0, 0.1) is 11.8 Å². The van der Waals surface area contributed by atoms with E-state index in [0.29, 0.717) is 30.1 Å². The molecular weight excluding hydrogens is 650 g/mol. The zero-order valence-corrected chi connectivity index (χ0v) is 26.7. The summed E-state index contributed by atoms with van der Waals surface area (Å²) < 4.78 is 101. The number of ether oxygens (including phenoxy) is 3. The zero-order chi connectivity index (χ0) is 35.9. The molecule has 0 aliphatic carbocycles. The maximum Gasteiger partial charge on any atom is 0.418 e. The lowest BCUT2D eigenvalue weighted by atomic mass is 9.91. The first kappa shape index (κ1) is 38.5. The second-order valence-electron chi connectivity index (χ2n) is 10.9. The summed E-state index contributed by atoms with van der Waals surface area (Å²) in [6.07, 6.45) is -3.37. The van der Waals surface area contributed by atoms with Crippen molar-refractivity contribution in [3.8, 4) is 23.3 Å². The number of unbranched alkanes of at least 4 members (excludes halogenated alkanes) is 5. The Morgan fingerprint density at radius 1 is 0.633 bits per heavy atom. The van der Waals surface area contributed by atoms with Crippen molar-refractivity contribution in [1.29, 1.82) is 0 Å². The first-order valence-electron chi connectivity index (χ1n) is 15.6. The van der Waals surface area contributed by atoms with Gasteiger partial charge >= 0.3 is 24.3 Å². The summed E-state index contributed by atoms with van der Waals surface area (Å²) in [5.41, 5.74) is -4.04. The molecule has 0 aromatic heterocycles. The van der Waals surface area contributed by atoms with Gasteiger partial charge in [0, 0.05) is 23.3 Å². The number of hydrogen-bond donors (Lipinski definition) is 0. The number of carbonyl (C=O) groups excluding carboxylic acids is 2. The van der Waals surface area contributed by atoms with Gasteiger partial charge in [0.1, 0.15) is 11.5 Å². The zero-order valence-electron chi connectivity index (χ0n) is 26.7. The highest BCUT2D eigenvalue weighted by molar-refractivity contribution is 5.83. The molecule has 3 aromatic rings. The Kier molecular flexibility index (Phi) is 14.5. The second-order valence-corrected chi connectivity index (χ2v) is 10.9. The summed E-state index contributed by atoms with van der Waals surface area (Å²) >= 11 is 0. The molecule has 0 bridgehead atoms. The lowest BCUT2D eigenvalue weighted by Gasteiger charge is -2.21. The van der Waals surface area contributed by atoms with Crippen LogP contribution in [0.25, 0.3) is 0 Å². The van der Waals surface area contributed by atoms with Gasteiger partial charge in [0.2, 0.25) is 0 Å². The molecule has 0 spiro atoms. The first-order valence-corrected chi connectivity index (χ1v) is 15.6. The molecule has 0 saturated carbocycles. The summed E-state index contributed by atoms with van der Waals surface area (Å²) in [6.45, 7) is 7.45. The summed E-state index contributed by atoms with van der Waals surface area (Å²) in [4.78, 5) is 22.3. The third kappa shape index (κ3) is 12.9. The molecule has 0 fully saturated rings. The lowest BCUT2D eigenvalue weighted by molar-refractivity contribution is -0.162. The van der Waals surface area contributed by atoms with E-state index in [0.717, 1.165) is 62.8 Å². The fraction of sp³-hybridized carbons (Fsp3) is 0.316. The smallest absolute Gasteiger partial charge is 0.418 e. The molecule has 260 valence electrons. The van der Waals surface area contributed by atoms with Gasteiger partial charge in [0.25, 0.3) is 0 Å². The topological polar surface area (TPSA) is 61.8 Å². The minimum atomic E-state index is -5.32.